The molecule has 1 nitrogen and oxygen atoms in total. The number of hydrogen-bond donors (Lipinski definition) is 0. The van der Waals surface area contributed by atoms with Gasteiger partial charge < -0.3 is 0 Å². The van der Waals surface area contributed by atoms with Gasteiger partial charge in [0.1, 0.15) is 0 Å². The Hall–Kier alpha value is -1.75. The molecule has 0 aliphatic carbocycles. The lowest BCUT2D eigenvalue weighted by atomic mass is 10.1. The van der Waals surface area contributed by atoms with Gasteiger partial charge in [0.2, 0.25) is 0 Å². The van der Waals surface area contributed by atoms with Crippen LogP contribution in [-0.4, -0.2) is 11.5 Å². The van der Waals surface area contributed by atoms with Gasteiger partial charge in [-0.1, -0.05) is 29.8 Å². The van der Waals surface area contributed by atoms with Gasteiger partial charge in [0.05, 0.1) is 11.3 Å². The minimum atomic E-state index is -4.43. The van der Waals surface area contributed by atoms with Gasteiger partial charge >= 0.3 is 6.18 Å². The summed E-state index contributed by atoms with van der Waals surface area (Å²) in [7, 11) is 0. The Bertz CT molecular complexity index is 633. The summed E-state index contributed by atoms with van der Waals surface area (Å²) in [4.78, 5) is 12.9. The second kappa shape index (κ2) is 6.35. The van der Waals surface area contributed by atoms with Gasteiger partial charge in [-0.25, -0.2) is 0 Å². The Labute approximate surface area is 125 Å². The van der Waals surface area contributed by atoms with Crippen molar-refractivity contribution in [3.8, 4) is 0 Å². The van der Waals surface area contributed by atoms with Crippen LogP contribution in [0.1, 0.15) is 21.5 Å². The van der Waals surface area contributed by atoms with E-state index in [0.29, 0.717) is 0 Å². The van der Waals surface area contributed by atoms with Crippen molar-refractivity contribution in [2.75, 3.05) is 5.75 Å². The van der Waals surface area contributed by atoms with E-state index >= 15 is 0 Å². The number of rotatable bonds is 4. The number of aryl methyl sites for hydroxylation is 1. The third-order valence-electron chi connectivity index (χ3n) is 2.90. The normalized spacial score (nSPS) is 11.4. The Balaban J connectivity index is 2.05. The lowest BCUT2D eigenvalue weighted by Gasteiger charge is -2.08. The molecule has 0 aliphatic heterocycles. The van der Waals surface area contributed by atoms with E-state index in [-0.39, 0.29) is 17.1 Å². The smallest absolute Gasteiger partial charge is 0.293 e. The monoisotopic (exact) mass is 310 g/mol. The number of carbonyl (C=O) groups excluding carboxylic acids is 1. The third kappa shape index (κ3) is 4.36. The summed E-state index contributed by atoms with van der Waals surface area (Å²) < 4.78 is 37.8. The van der Waals surface area contributed by atoms with Gasteiger partial charge in [-0.05, 0) is 31.2 Å². The molecule has 2 aromatic rings. The molecule has 0 heterocycles. The van der Waals surface area contributed by atoms with E-state index in [9.17, 15) is 18.0 Å². The van der Waals surface area contributed by atoms with Crippen LogP contribution in [0.5, 0.6) is 0 Å². The highest BCUT2D eigenvalue weighted by Gasteiger charge is 2.30. The molecule has 2 rings (SSSR count). The minimum Gasteiger partial charge on any atom is -0.293 e. The Kier molecular flexibility index (Phi) is 4.73. The highest BCUT2D eigenvalue weighted by Crippen LogP contribution is 2.30. The number of hydrogen-bond acceptors (Lipinski definition) is 2. The van der Waals surface area contributed by atoms with Crippen LogP contribution in [0.2, 0.25) is 0 Å². The lowest BCUT2D eigenvalue weighted by molar-refractivity contribution is -0.137. The fourth-order valence-corrected chi connectivity index (χ4v) is 2.53. The van der Waals surface area contributed by atoms with Gasteiger partial charge in [0.15, 0.2) is 5.78 Å². The first-order chi connectivity index (χ1) is 9.86. The maximum absolute atomic E-state index is 12.6. The van der Waals surface area contributed by atoms with E-state index in [4.69, 9.17) is 0 Å². The van der Waals surface area contributed by atoms with Crippen LogP contribution in [0, 0.1) is 6.92 Å². The van der Waals surface area contributed by atoms with Crippen molar-refractivity contribution in [3.63, 3.8) is 0 Å². The molecule has 0 saturated heterocycles. The fourth-order valence-electron chi connectivity index (χ4n) is 1.74. The first-order valence-electron chi connectivity index (χ1n) is 6.26. The zero-order valence-electron chi connectivity index (χ0n) is 11.3. The molecule has 0 saturated carbocycles. The second-order valence-electron chi connectivity index (χ2n) is 4.60. The quantitative estimate of drug-likeness (QED) is 0.584. The Morgan fingerprint density at radius 2 is 1.76 bits per heavy atom. The van der Waals surface area contributed by atoms with Crippen molar-refractivity contribution in [1.82, 2.24) is 0 Å². The van der Waals surface area contributed by atoms with Crippen molar-refractivity contribution >= 4 is 17.5 Å². The molecule has 21 heavy (non-hydrogen) atoms. The molecule has 110 valence electrons. The van der Waals surface area contributed by atoms with Crippen molar-refractivity contribution in [3.05, 3.63) is 65.2 Å². The standard InChI is InChI=1S/C16H13F3OS/c1-11-5-7-14(8-6-11)21-10-15(20)12-3-2-4-13(9-12)16(17,18)19/h2-9H,10H2,1H3. The average molecular weight is 310 g/mol. The van der Waals surface area contributed by atoms with E-state index in [1.165, 1.54) is 23.9 Å². The summed E-state index contributed by atoms with van der Waals surface area (Å²) in [6.45, 7) is 1.96. The highest BCUT2D eigenvalue weighted by atomic mass is 32.2. The van der Waals surface area contributed by atoms with Crippen LogP contribution in [0.3, 0.4) is 0 Å². The molecule has 0 unspecified atom stereocenters. The number of thioether (sulfide) groups is 1. The van der Waals surface area contributed by atoms with Crippen LogP contribution >= 0.6 is 11.8 Å². The van der Waals surface area contributed by atoms with Crippen molar-refractivity contribution in [1.29, 1.82) is 0 Å². The third-order valence-corrected chi connectivity index (χ3v) is 3.91. The topological polar surface area (TPSA) is 17.1 Å². The molecule has 0 amide bonds. The fraction of sp³-hybridized carbons (Fsp3) is 0.188. The number of benzene rings is 2. The summed E-state index contributed by atoms with van der Waals surface area (Å²) in [5.74, 6) is -0.198. The van der Waals surface area contributed by atoms with Gasteiger partial charge in [-0.2, -0.15) is 13.2 Å². The molecule has 0 aliphatic rings. The number of carbonyl (C=O) groups is 1. The van der Waals surface area contributed by atoms with Crippen LogP contribution < -0.4 is 0 Å². The number of Topliss-reactive ketones (excluding diaryl/α,β-unsaturated/α-hetero) is 1. The van der Waals surface area contributed by atoms with Crippen molar-refractivity contribution < 1.29 is 18.0 Å². The van der Waals surface area contributed by atoms with E-state index in [1.54, 1.807) is 0 Å². The average Bonchev–Trinajstić information content (AvgIpc) is 2.45. The van der Waals surface area contributed by atoms with E-state index in [2.05, 4.69) is 0 Å². The van der Waals surface area contributed by atoms with Gasteiger partial charge in [-0.3, -0.25) is 4.79 Å². The summed E-state index contributed by atoms with van der Waals surface area (Å²) in [5, 5.41) is 0. The first kappa shape index (κ1) is 15.6. The number of halogens is 3. The Morgan fingerprint density at radius 3 is 2.38 bits per heavy atom. The molecule has 0 N–H and O–H groups in total. The van der Waals surface area contributed by atoms with E-state index in [0.717, 1.165) is 22.6 Å². The van der Waals surface area contributed by atoms with Crippen LogP contribution in [0.4, 0.5) is 13.2 Å². The van der Waals surface area contributed by atoms with Crippen molar-refractivity contribution in [2.45, 2.75) is 18.0 Å². The van der Waals surface area contributed by atoms with Crippen LogP contribution in [-0.2, 0) is 6.18 Å². The minimum absolute atomic E-state index is 0.0874. The maximum Gasteiger partial charge on any atom is 0.416 e. The largest absolute Gasteiger partial charge is 0.416 e. The summed E-state index contributed by atoms with van der Waals surface area (Å²) >= 11 is 1.31. The van der Waals surface area contributed by atoms with Gasteiger partial charge in [0, 0.05) is 10.5 Å². The molecule has 0 aromatic heterocycles. The predicted octanol–water partition coefficient (Wildman–Crippen LogP) is 4.99. The van der Waals surface area contributed by atoms with Crippen LogP contribution in [0.25, 0.3) is 0 Å². The van der Waals surface area contributed by atoms with Crippen molar-refractivity contribution in [2.24, 2.45) is 0 Å². The number of alkyl halides is 3. The van der Waals surface area contributed by atoms with Crippen LogP contribution in [0.15, 0.2) is 53.4 Å². The van der Waals surface area contributed by atoms with Gasteiger partial charge in [-0.15, -0.1) is 11.8 Å². The molecule has 0 spiro atoms. The Morgan fingerprint density at radius 1 is 1.10 bits per heavy atom. The molecular weight excluding hydrogens is 297 g/mol. The second-order valence-corrected chi connectivity index (χ2v) is 5.65. The molecule has 0 bridgehead atoms. The first-order valence-corrected chi connectivity index (χ1v) is 7.25. The molecule has 0 atom stereocenters. The van der Waals surface area contributed by atoms with E-state index < -0.39 is 11.7 Å². The summed E-state index contributed by atoms with van der Waals surface area (Å²) in [6.07, 6.45) is -4.43. The number of ketones is 1. The summed E-state index contributed by atoms with van der Waals surface area (Å²) in [6, 6.07) is 12.2. The zero-order valence-corrected chi connectivity index (χ0v) is 12.1. The SMILES string of the molecule is Cc1ccc(SCC(=O)c2cccc(C(F)(F)F)c2)cc1. The molecule has 0 fully saturated rings. The maximum atomic E-state index is 12.6. The predicted molar refractivity (Wildman–Crippen MR) is 77.7 cm³/mol. The molecule has 5 heteroatoms. The summed E-state index contributed by atoms with van der Waals surface area (Å²) in [5.41, 5.74) is 0.404. The van der Waals surface area contributed by atoms with E-state index in [1.807, 2.05) is 31.2 Å². The molecule has 0 radical (unpaired) electrons. The molecular formula is C16H13F3OS. The van der Waals surface area contributed by atoms with Gasteiger partial charge in [0.25, 0.3) is 0 Å². The molecule has 2 aromatic carbocycles. The highest BCUT2D eigenvalue weighted by molar-refractivity contribution is 8.00. The zero-order chi connectivity index (χ0) is 15.5. The lowest BCUT2D eigenvalue weighted by Crippen LogP contribution is -2.08.